The molecule has 0 saturated heterocycles. The smallest absolute Gasteiger partial charge is 0.267 e. The van der Waals surface area contributed by atoms with Crippen molar-refractivity contribution in [2.45, 2.75) is 52.5 Å². The molecule has 1 N–H and O–H groups in total. The Hall–Kier alpha value is -2.04. The first kappa shape index (κ1) is 22.3. The number of amides is 2. The van der Waals surface area contributed by atoms with Gasteiger partial charge in [0.05, 0.1) is 15.6 Å². The molecule has 2 aromatic rings. The third-order valence-electron chi connectivity index (χ3n) is 4.27. The third-order valence-corrected chi connectivity index (χ3v) is 5.01. The molecule has 2 rings (SSSR count). The van der Waals surface area contributed by atoms with E-state index in [4.69, 9.17) is 23.2 Å². The Labute approximate surface area is 176 Å². The van der Waals surface area contributed by atoms with E-state index in [-0.39, 0.29) is 22.3 Å². The van der Waals surface area contributed by atoms with E-state index < -0.39 is 5.54 Å². The first-order valence-electron chi connectivity index (χ1n) is 9.02. The van der Waals surface area contributed by atoms with Gasteiger partial charge >= 0.3 is 0 Å². The Bertz CT molecular complexity index is 879. The summed E-state index contributed by atoms with van der Waals surface area (Å²) >= 11 is 12.0. The average molecular weight is 421 g/mol. The van der Waals surface area contributed by atoms with Crippen molar-refractivity contribution in [2.75, 3.05) is 0 Å². The summed E-state index contributed by atoms with van der Waals surface area (Å²) in [5.41, 5.74) is 4.03. The molecule has 2 aromatic carbocycles. The topological polar surface area (TPSA) is 49.4 Å². The lowest BCUT2D eigenvalue weighted by atomic mass is 9.87. The first-order chi connectivity index (χ1) is 12.8. The summed E-state index contributed by atoms with van der Waals surface area (Å²) in [6, 6.07) is 12.0. The minimum absolute atomic E-state index is 0.00370. The zero-order valence-corrected chi connectivity index (χ0v) is 18.6. The lowest BCUT2D eigenvalue weighted by Crippen LogP contribution is -2.55. The van der Waals surface area contributed by atoms with Crippen LogP contribution >= 0.6 is 23.2 Å². The van der Waals surface area contributed by atoms with E-state index in [2.05, 4.69) is 26.2 Å². The van der Waals surface area contributed by atoms with E-state index in [0.29, 0.717) is 16.1 Å². The van der Waals surface area contributed by atoms with Crippen LogP contribution in [0.2, 0.25) is 10.0 Å². The molecule has 0 atom stereocenters. The van der Waals surface area contributed by atoms with Gasteiger partial charge in [-0.1, -0.05) is 56.1 Å². The molecule has 0 heterocycles. The summed E-state index contributed by atoms with van der Waals surface area (Å²) in [5, 5.41) is 1.96. The van der Waals surface area contributed by atoms with Crippen LogP contribution in [0, 0.1) is 0 Å². The summed E-state index contributed by atoms with van der Waals surface area (Å²) in [7, 11) is 0. The van der Waals surface area contributed by atoms with Crippen LogP contribution in [0.3, 0.4) is 0 Å². The van der Waals surface area contributed by atoms with Gasteiger partial charge in [-0.05, 0) is 62.1 Å². The molecule has 6 heteroatoms. The van der Waals surface area contributed by atoms with E-state index in [1.54, 1.807) is 24.3 Å². The van der Waals surface area contributed by atoms with Crippen molar-refractivity contribution < 1.29 is 9.59 Å². The van der Waals surface area contributed by atoms with Gasteiger partial charge in [0.15, 0.2) is 0 Å². The molecule has 0 spiro atoms. The third kappa shape index (κ3) is 5.27. The maximum atomic E-state index is 13.0. The van der Waals surface area contributed by atoms with Gasteiger partial charge in [-0.15, -0.1) is 0 Å². The summed E-state index contributed by atoms with van der Waals surface area (Å²) in [5.74, 6) is -0.727. The SMILES string of the molecule is CC(C)(C)c1ccc(C(=O)NN(C(=O)c2ccc(Cl)c(Cl)c2)C(C)(C)C)cc1. The van der Waals surface area contributed by atoms with Crippen LogP contribution in [0.15, 0.2) is 42.5 Å². The van der Waals surface area contributed by atoms with Gasteiger partial charge in [0.25, 0.3) is 11.8 Å². The van der Waals surface area contributed by atoms with E-state index in [1.165, 1.54) is 11.1 Å². The van der Waals surface area contributed by atoms with Crippen LogP contribution in [0.4, 0.5) is 0 Å². The standard InChI is InChI=1S/C22H26Cl2N2O2/c1-21(2,3)16-10-7-14(8-11-16)19(27)25-26(22(4,5)6)20(28)15-9-12-17(23)18(24)13-15/h7-13H,1-6H3,(H,25,27). The van der Waals surface area contributed by atoms with Crippen molar-refractivity contribution in [3.8, 4) is 0 Å². The van der Waals surface area contributed by atoms with Crippen molar-refractivity contribution in [3.05, 3.63) is 69.2 Å². The van der Waals surface area contributed by atoms with Crippen LogP contribution in [0.25, 0.3) is 0 Å². The number of hydrogen-bond acceptors (Lipinski definition) is 2. The number of nitrogens with zero attached hydrogens (tertiary/aromatic N) is 1. The predicted molar refractivity (Wildman–Crippen MR) is 115 cm³/mol. The van der Waals surface area contributed by atoms with E-state index in [9.17, 15) is 9.59 Å². The molecular formula is C22H26Cl2N2O2. The molecule has 2 amide bonds. The van der Waals surface area contributed by atoms with Gasteiger partial charge in [-0.25, -0.2) is 5.01 Å². The molecule has 0 aliphatic rings. The lowest BCUT2D eigenvalue weighted by Gasteiger charge is -2.35. The van der Waals surface area contributed by atoms with Gasteiger partial charge in [-0.3, -0.25) is 15.0 Å². The van der Waals surface area contributed by atoms with Crippen molar-refractivity contribution >= 4 is 35.0 Å². The molecule has 0 saturated carbocycles. The Morgan fingerprint density at radius 1 is 0.821 bits per heavy atom. The number of benzene rings is 2. The molecule has 0 fully saturated rings. The second-order valence-electron chi connectivity index (χ2n) is 8.71. The predicted octanol–water partition coefficient (Wildman–Crippen LogP) is 5.88. The summed E-state index contributed by atoms with van der Waals surface area (Å²) < 4.78 is 0. The summed E-state index contributed by atoms with van der Waals surface area (Å²) in [4.78, 5) is 25.8. The second-order valence-corrected chi connectivity index (χ2v) is 9.52. The Morgan fingerprint density at radius 3 is 1.82 bits per heavy atom. The maximum Gasteiger partial charge on any atom is 0.272 e. The van der Waals surface area contributed by atoms with Gasteiger partial charge in [0.1, 0.15) is 0 Å². The zero-order chi connectivity index (χ0) is 21.3. The fraction of sp³-hybridized carbons (Fsp3) is 0.364. The van der Waals surface area contributed by atoms with Crippen LogP contribution in [0.5, 0.6) is 0 Å². The molecule has 28 heavy (non-hydrogen) atoms. The van der Waals surface area contributed by atoms with Crippen LogP contribution in [-0.2, 0) is 5.41 Å². The molecule has 150 valence electrons. The van der Waals surface area contributed by atoms with E-state index >= 15 is 0 Å². The fourth-order valence-corrected chi connectivity index (χ4v) is 2.87. The number of nitrogens with one attached hydrogen (secondary N) is 1. The molecule has 0 radical (unpaired) electrons. The quantitative estimate of drug-likeness (QED) is 0.616. The average Bonchev–Trinajstić information content (AvgIpc) is 2.59. The number of hydrogen-bond donors (Lipinski definition) is 1. The van der Waals surface area contributed by atoms with Gasteiger partial charge in [0, 0.05) is 11.1 Å². The number of halogens is 2. The molecule has 0 bridgehead atoms. The van der Waals surface area contributed by atoms with E-state index in [1.807, 2.05) is 32.9 Å². The largest absolute Gasteiger partial charge is 0.272 e. The second kappa shape index (κ2) is 8.14. The van der Waals surface area contributed by atoms with Gasteiger partial charge in [0.2, 0.25) is 0 Å². The number of rotatable bonds is 2. The molecule has 0 unspecified atom stereocenters. The highest BCUT2D eigenvalue weighted by Gasteiger charge is 2.30. The molecular weight excluding hydrogens is 395 g/mol. The highest BCUT2D eigenvalue weighted by atomic mass is 35.5. The number of hydrazine groups is 1. The summed E-state index contributed by atoms with van der Waals surface area (Å²) in [6.07, 6.45) is 0. The highest BCUT2D eigenvalue weighted by Crippen LogP contribution is 2.25. The molecule has 0 aromatic heterocycles. The highest BCUT2D eigenvalue weighted by molar-refractivity contribution is 6.42. The van der Waals surface area contributed by atoms with Gasteiger partial charge < -0.3 is 0 Å². The molecule has 4 nitrogen and oxygen atoms in total. The Kier molecular flexibility index (Phi) is 6.47. The van der Waals surface area contributed by atoms with Crippen molar-refractivity contribution in [1.82, 2.24) is 10.4 Å². The zero-order valence-electron chi connectivity index (χ0n) is 17.1. The van der Waals surface area contributed by atoms with Crippen molar-refractivity contribution in [1.29, 1.82) is 0 Å². The first-order valence-corrected chi connectivity index (χ1v) is 9.77. The minimum Gasteiger partial charge on any atom is -0.267 e. The normalized spacial score (nSPS) is 11.9. The maximum absolute atomic E-state index is 13.0. The molecule has 0 aliphatic heterocycles. The molecule has 0 aliphatic carbocycles. The number of carbonyl (C=O) groups is 2. The number of carbonyl (C=O) groups excluding carboxylic acids is 2. The lowest BCUT2D eigenvalue weighted by molar-refractivity contribution is 0.0358. The van der Waals surface area contributed by atoms with Crippen LogP contribution < -0.4 is 5.43 Å². The Balaban J connectivity index is 2.28. The van der Waals surface area contributed by atoms with E-state index in [0.717, 1.165) is 5.56 Å². The van der Waals surface area contributed by atoms with Crippen molar-refractivity contribution in [3.63, 3.8) is 0 Å². The van der Waals surface area contributed by atoms with Crippen LogP contribution in [-0.4, -0.2) is 22.4 Å². The fourth-order valence-electron chi connectivity index (χ4n) is 2.57. The minimum atomic E-state index is -0.649. The van der Waals surface area contributed by atoms with Gasteiger partial charge in [-0.2, -0.15) is 0 Å². The Morgan fingerprint density at radius 2 is 1.36 bits per heavy atom. The van der Waals surface area contributed by atoms with Crippen LogP contribution in [0.1, 0.15) is 67.8 Å². The van der Waals surface area contributed by atoms with Crippen molar-refractivity contribution in [2.24, 2.45) is 0 Å². The summed E-state index contributed by atoms with van der Waals surface area (Å²) in [6.45, 7) is 11.8. The monoisotopic (exact) mass is 420 g/mol.